The summed E-state index contributed by atoms with van der Waals surface area (Å²) in [5.41, 5.74) is -5.95. The molecule has 0 amide bonds. The number of hydrogen-bond donors (Lipinski definition) is 4. The Morgan fingerprint density at radius 2 is 1.82 bits per heavy atom. The van der Waals surface area contributed by atoms with E-state index in [9.17, 15) is 19.8 Å². The highest BCUT2D eigenvalue weighted by atomic mass is 16.6. The van der Waals surface area contributed by atoms with Gasteiger partial charge in [-0.15, -0.1) is 6.58 Å². The van der Waals surface area contributed by atoms with Crippen LogP contribution in [0.2, 0.25) is 0 Å². The SMILES string of the molecule is C=C[C@@]1(C)CC(=O)[C@@]2(O)[C@](C)(O1)[C@@H](OC(=O)CN1CC(NC)OC(NC)C1)C=C1C(C)(C)CC[C@H](O)[C@@]12C. The van der Waals surface area contributed by atoms with Crippen LogP contribution in [0, 0.1) is 10.8 Å². The fourth-order valence-corrected chi connectivity index (χ4v) is 7.23. The van der Waals surface area contributed by atoms with Crippen molar-refractivity contribution in [3.05, 3.63) is 24.3 Å². The number of ketones is 1. The fraction of sp³-hybridized carbons (Fsp3) is 0.786. The summed E-state index contributed by atoms with van der Waals surface area (Å²) in [7, 11) is 3.58. The molecular weight excluding hydrogens is 490 g/mol. The van der Waals surface area contributed by atoms with E-state index >= 15 is 0 Å². The van der Waals surface area contributed by atoms with Gasteiger partial charge in [-0.2, -0.15) is 0 Å². The van der Waals surface area contributed by atoms with E-state index in [1.54, 1.807) is 40.9 Å². The third-order valence-corrected chi connectivity index (χ3v) is 9.55. The topological polar surface area (TPSA) is 130 Å². The maximum atomic E-state index is 13.9. The van der Waals surface area contributed by atoms with E-state index < -0.39 is 51.6 Å². The van der Waals surface area contributed by atoms with Crippen LogP contribution in [0.3, 0.4) is 0 Å². The molecule has 2 saturated heterocycles. The first-order valence-electron chi connectivity index (χ1n) is 13.5. The first-order valence-corrected chi connectivity index (χ1v) is 13.5. The standard InChI is InChI=1S/C28H45N3O7/c1-9-25(4)13-19(33)28(35)26(5)17(24(2,3)11-10-18(26)32)12-20(27(28,6)38-25)36-23(34)16-31-14-21(29-7)37-22(15-31)30-8/h9,12,18,20-22,29-30,32,35H,1,10-11,13-16H2,2-8H3/t18-,20-,21?,22?,25-,26+,27+,28-/m0/s1. The molecule has 4 aliphatic rings. The molecule has 2 heterocycles. The maximum absolute atomic E-state index is 13.9. The molecule has 38 heavy (non-hydrogen) atoms. The number of aliphatic hydroxyl groups excluding tert-OH is 1. The van der Waals surface area contributed by atoms with Gasteiger partial charge in [0.1, 0.15) is 18.1 Å². The predicted octanol–water partition coefficient (Wildman–Crippen LogP) is 0.873. The average Bonchev–Trinajstić information content (AvgIpc) is 2.85. The molecule has 4 rings (SSSR count). The summed E-state index contributed by atoms with van der Waals surface area (Å²) in [6, 6.07) is 0. The fourth-order valence-electron chi connectivity index (χ4n) is 7.23. The largest absolute Gasteiger partial charge is 0.454 e. The quantitative estimate of drug-likeness (QED) is 0.287. The number of rotatable bonds is 6. The number of hydrogen-bond acceptors (Lipinski definition) is 10. The van der Waals surface area contributed by atoms with Crippen LogP contribution < -0.4 is 10.6 Å². The van der Waals surface area contributed by atoms with Crippen molar-refractivity contribution in [1.82, 2.24) is 15.5 Å². The highest BCUT2D eigenvalue weighted by Gasteiger charge is 2.76. The van der Waals surface area contributed by atoms with E-state index in [1.165, 1.54) is 0 Å². The summed E-state index contributed by atoms with van der Waals surface area (Å²) < 4.78 is 18.4. The molecule has 10 nitrogen and oxygen atoms in total. The van der Waals surface area contributed by atoms with Crippen LogP contribution >= 0.6 is 0 Å². The van der Waals surface area contributed by atoms with Gasteiger partial charge < -0.3 is 24.4 Å². The number of likely N-dealkylation sites (N-methyl/N-ethyl adjacent to an activating group) is 2. The number of fused-ring (bicyclic) bond motifs is 3. The molecular formula is C28H45N3O7. The van der Waals surface area contributed by atoms with Crippen molar-refractivity contribution in [3.63, 3.8) is 0 Å². The predicted molar refractivity (Wildman–Crippen MR) is 141 cm³/mol. The summed E-state index contributed by atoms with van der Waals surface area (Å²) >= 11 is 0. The van der Waals surface area contributed by atoms with Gasteiger partial charge in [-0.1, -0.05) is 25.5 Å². The molecule has 1 saturated carbocycles. The Bertz CT molecular complexity index is 1000. The highest BCUT2D eigenvalue weighted by molar-refractivity contribution is 5.93. The first-order chi connectivity index (χ1) is 17.6. The minimum Gasteiger partial charge on any atom is -0.454 e. The second-order valence-electron chi connectivity index (χ2n) is 12.6. The molecule has 214 valence electrons. The molecule has 0 aromatic heterocycles. The number of nitrogens with one attached hydrogen (secondary N) is 2. The zero-order chi connectivity index (χ0) is 28.3. The molecule has 0 radical (unpaired) electrons. The monoisotopic (exact) mass is 535 g/mol. The lowest BCUT2D eigenvalue weighted by Crippen LogP contribution is -2.81. The summed E-state index contributed by atoms with van der Waals surface area (Å²) in [4.78, 5) is 29.3. The van der Waals surface area contributed by atoms with E-state index in [4.69, 9.17) is 14.2 Å². The molecule has 0 aromatic carbocycles. The van der Waals surface area contributed by atoms with E-state index in [0.29, 0.717) is 31.5 Å². The Labute approximate surface area is 225 Å². The van der Waals surface area contributed by atoms with Crippen LogP contribution in [-0.2, 0) is 23.8 Å². The third kappa shape index (κ3) is 4.29. The number of ether oxygens (including phenoxy) is 3. The van der Waals surface area contributed by atoms with E-state index in [1.807, 2.05) is 24.8 Å². The second kappa shape index (κ2) is 9.76. The van der Waals surface area contributed by atoms with Crippen LogP contribution in [0.15, 0.2) is 24.3 Å². The zero-order valence-corrected chi connectivity index (χ0v) is 23.8. The molecule has 10 heteroatoms. The molecule has 8 atom stereocenters. The van der Waals surface area contributed by atoms with Crippen molar-refractivity contribution in [2.24, 2.45) is 10.8 Å². The average molecular weight is 536 g/mol. The van der Waals surface area contributed by atoms with Crippen LogP contribution in [-0.4, -0.2) is 102 Å². The summed E-state index contributed by atoms with van der Waals surface area (Å²) in [5.74, 6) is -0.969. The van der Waals surface area contributed by atoms with Gasteiger partial charge >= 0.3 is 5.97 Å². The third-order valence-electron chi connectivity index (χ3n) is 9.55. The summed E-state index contributed by atoms with van der Waals surface area (Å²) in [6.45, 7) is 13.9. The van der Waals surface area contributed by atoms with Gasteiger partial charge in [-0.3, -0.25) is 25.1 Å². The minimum absolute atomic E-state index is 0.0101. The van der Waals surface area contributed by atoms with Gasteiger partial charge in [0, 0.05) is 19.5 Å². The Morgan fingerprint density at radius 3 is 2.37 bits per heavy atom. The van der Waals surface area contributed by atoms with Gasteiger partial charge in [-0.25, -0.2) is 0 Å². The number of aliphatic hydroxyl groups is 2. The second-order valence-corrected chi connectivity index (χ2v) is 12.6. The van der Waals surface area contributed by atoms with E-state index in [0.717, 1.165) is 0 Å². The van der Waals surface area contributed by atoms with Crippen molar-refractivity contribution >= 4 is 11.8 Å². The normalized spacial score (nSPS) is 45.0. The van der Waals surface area contributed by atoms with Gasteiger partial charge in [0.2, 0.25) is 0 Å². The molecule has 0 aromatic rings. The van der Waals surface area contributed by atoms with Crippen LogP contribution in [0.4, 0.5) is 0 Å². The number of carbonyl (C=O) groups is 2. The van der Waals surface area contributed by atoms with Gasteiger partial charge in [-0.05, 0) is 59.2 Å². The Balaban J connectivity index is 1.74. The molecule has 2 aliphatic heterocycles. The van der Waals surface area contributed by atoms with Crippen LogP contribution in [0.5, 0.6) is 0 Å². The number of esters is 1. The lowest BCUT2D eigenvalue weighted by atomic mass is 9.44. The summed E-state index contributed by atoms with van der Waals surface area (Å²) in [6.07, 6.45) is 1.76. The number of nitrogens with zero attached hydrogens (tertiary/aromatic N) is 1. The highest BCUT2D eigenvalue weighted by Crippen LogP contribution is 2.64. The van der Waals surface area contributed by atoms with Gasteiger partial charge in [0.15, 0.2) is 17.5 Å². The smallest absolute Gasteiger partial charge is 0.320 e. The minimum atomic E-state index is -2.14. The lowest BCUT2D eigenvalue weighted by molar-refractivity contribution is -0.305. The number of Topliss-reactive ketones (excluding diaryl/α,β-unsaturated/α-hetero) is 1. The molecule has 2 unspecified atom stereocenters. The van der Waals surface area contributed by atoms with Crippen molar-refractivity contribution in [3.8, 4) is 0 Å². The Morgan fingerprint density at radius 1 is 1.21 bits per heavy atom. The molecule has 0 spiro atoms. The van der Waals surface area contributed by atoms with Crippen molar-refractivity contribution in [2.45, 2.75) is 95.3 Å². The Kier molecular flexibility index (Phi) is 7.53. The van der Waals surface area contributed by atoms with Crippen molar-refractivity contribution < 1.29 is 34.0 Å². The number of carbonyl (C=O) groups excluding carboxylic acids is 2. The van der Waals surface area contributed by atoms with Crippen LogP contribution in [0.1, 0.15) is 53.9 Å². The maximum Gasteiger partial charge on any atom is 0.320 e. The van der Waals surface area contributed by atoms with Gasteiger partial charge in [0.25, 0.3) is 0 Å². The molecule has 2 aliphatic carbocycles. The number of morpholine rings is 1. The molecule has 0 bridgehead atoms. The first kappa shape index (κ1) is 29.3. The summed E-state index contributed by atoms with van der Waals surface area (Å²) in [5, 5.41) is 30.0. The molecule has 4 N–H and O–H groups in total. The lowest BCUT2D eigenvalue weighted by Gasteiger charge is -2.66. The van der Waals surface area contributed by atoms with Crippen LogP contribution in [0.25, 0.3) is 0 Å². The molecule has 3 fully saturated rings. The van der Waals surface area contributed by atoms with Gasteiger partial charge in [0.05, 0.1) is 23.7 Å². The van der Waals surface area contributed by atoms with E-state index in [2.05, 4.69) is 17.2 Å². The Hall–Kier alpha value is -1.66. The van der Waals surface area contributed by atoms with Crippen molar-refractivity contribution in [1.29, 1.82) is 0 Å². The van der Waals surface area contributed by atoms with Crippen molar-refractivity contribution in [2.75, 3.05) is 33.7 Å². The van der Waals surface area contributed by atoms with E-state index in [-0.39, 0.29) is 25.4 Å². The zero-order valence-electron chi connectivity index (χ0n) is 23.8.